The minimum Gasteiger partial charge on any atom is -0.336 e. The summed E-state index contributed by atoms with van der Waals surface area (Å²) in [4.78, 5) is 21.1. The molecule has 1 amide bonds. The van der Waals surface area contributed by atoms with E-state index in [1.807, 2.05) is 13.0 Å². The van der Waals surface area contributed by atoms with Gasteiger partial charge in [-0.1, -0.05) is 6.07 Å². The van der Waals surface area contributed by atoms with Crippen molar-refractivity contribution < 1.29 is 18.1 Å². The van der Waals surface area contributed by atoms with Gasteiger partial charge >= 0.3 is 6.01 Å². The zero-order chi connectivity index (χ0) is 22.9. The molecule has 0 bridgehead atoms. The van der Waals surface area contributed by atoms with Crippen LogP contribution in [0.2, 0.25) is 0 Å². The van der Waals surface area contributed by atoms with Gasteiger partial charge in [0.2, 0.25) is 0 Å². The van der Waals surface area contributed by atoms with Crippen LogP contribution in [0.3, 0.4) is 0 Å². The summed E-state index contributed by atoms with van der Waals surface area (Å²) in [7, 11) is 0. The van der Waals surface area contributed by atoms with E-state index in [0.29, 0.717) is 12.1 Å². The molecule has 2 aliphatic heterocycles. The van der Waals surface area contributed by atoms with E-state index in [1.165, 1.54) is 29.6 Å². The molecule has 1 fully saturated rings. The number of rotatable bonds is 6. The van der Waals surface area contributed by atoms with Crippen LogP contribution >= 0.6 is 11.9 Å². The highest BCUT2D eigenvalue weighted by Gasteiger charge is 2.26. The van der Waals surface area contributed by atoms with E-state index in [4.69, 9.17) is 4.52 Å². The maximum Gasteiger partial charge on any atom is 0.332 e. The number of likely N-dealkylation sites (tertiary alicyclic amines) is 1. The minimum atomic E-state index is -0.560. The van der Waals surface area contributed by atoms with Gasteiger partial charge in [-0.05, 0) is 77.8 Å². The Hall–Kier alpha value is -2.98. The quantitative estimate of drug-likeness (QED) is 0.533. The first-order valence-electron chi connectivity index (χ1n) is 10.8. The van der Waals surface area contributed by atoms with Gasteiger partial charge in [0, 0.05) is 43.2 Å². The zero-order valence-electron chi connectivity index (χ0n) is 18.1. The van der Waals surface area contributed by atoms with Crippen molar-refractivity contribution in [3.05, 3.63) is 70.5 Å². The molecule has 3 heterocycles. The van der Waals surface area contributed by atoms with Crippen molar-refractivity contribution >= 4 is 23.9 Å². The number of hydrogen-bond acceptors (Lipinski definition) is 7. The van der Waals surface area contributed by atoms with E-state index < -0.39 is 11.6 Å². The van der Waals surface area contributed by atoms with Gasteiger partial charge in [0.25, 0.3) is 11.7 Å². The molecular weight excluding hydrogens is 448 g/mol. The van der Waals surface area contributed by atoms with Gasteiger partial charge in [0.15, 0.2) is 0 Å². The van der Waals surface area contributed by atoms with Crippen LogP contribution in [0.15, 0.2) is 45.8 Å². The molecule has 1 unspecified atom stereocenters. The number of amides is 1. The highest BCUT2D eigenvalue weighted by Crippen LogP contribution is 2.31. The van der Waals surface area contributed by atoms with Crippen LogP contribution in [0.25, 0.3) is 0 Å². The second kappa shape index (κ2) is 9.11. The Kier molecular flexibility index (Phi) is 6.03. The van der Waals surface area contributed by atoms with Crippen LogP contribution < -0.4 is 4.72 Å². The van der Waals surface area contributed by atoms with E-state index in [1.54, 1.807) is 4.90 Å². The van der Waals surface area contributed by atoms with Crippen molar-refractivity contribution in [3.63, 3.8) is 0 Å². The Morgan fingerprint density at radius 2 is 1.91 bits per heavy atom. The zero-order valence-corrected chi connectivity index (χ0v) is 18.9. The van der Waals surface area contributed by atoms with Gasteiger partial charge in [-0.2, -0.15) is 4.98 Å². The van der Waals surface area contributed by atoms with Gasteiger partial charge in [-0.3, -0.25) is 14.4 Å². The summed E-state index contributed by atoms with van der Waals surface area (Å²) < 4.78 is 35.5. The van der Waals surface area contributed by atoms with Crippen LogP contribution in [-0.2, 0) is 13.0 Å². The maximum atomic E-state index is 13.7. The summed E-state index contributed by atoms with van der Waals surface area (Å²) in [6.45, 7) is 4.91. The summed E-state index contributed by atoms with van der Waals surface area (Å²) in [5.41, 5.74) is 3.05. The number of aromatic nitrogens is 2. The number of halogens is 2. The van der Waals surface area contributed by atoms with Gasteiger partial charge < -0.3 is 9.42 Å². The first-order valence-corrected chi connectivity index (χ1v) is 11.7. The summed E-state index contributed by atoms with van der Waals surface area (Å²) in [5.74, 6) is -1.28. The minimum absolute atomic E-state index is 0.0571. The predicted molar refractivity (Wildman–Crippen MR) is 120 cm³/mol. The average molecular weight is 472 g/mol. The normalized spacial score (nSPS) is 16.8. The lowest BCUT2D eigenvalue weighted by Gasteiger charge is -2.34. The van der Waals surface area contributed by atoms with Crippen LogP contribution in [0.5, 0.6) is 0 Å². The molecule has 1 saturated heterocycles. The van der Waals surface area contributed by atoms with Crippen LogP contribution in [0.1, 0.15) is 46.7 Å². The van der Waals surface area contributed by atoms with Crippen molar-refractivity contribution in [2.75, 3.05) is 24.4 Å². The smallest absolute Gasteiger partial charge is 0.332 e. The fourth-order valence-electron chi connectivity index (χ4n) is 4.09. The van der Waals surface area contributed by atoms with E-state index in [-0.39, 0.29) is 23.8 Å². The highest BCUT2D eigenvalue weighted by atomic mass is 32.2. The molecule has 2 aromatic carbocycles. The van der Waals surface area contributed by atoms with Crippen molar-refractivity contribution in [3.8, 4) is 0 Å². The fourth-order valence-corrected chi connectivity index (χ4v) is 4.72. The molecule has 1 aromatic heterocycles. The van der Waals surface area contributed by atoms with Crippen LogP contribution in [0, 0.1) is 11.6 Å². The van der Waals surface area contributed by atoms with E-state index in [9.17, 15) is 13.6 Å². The van der Waals surface area contributed by atoms with Gasteiger partial charge in [-0.25, -0.2) is 8.78 Å². The Bertz CT molecular complexity index is 1160. The third kappa shape index (κ3) is 4.72. The van der Waals surface area contributed by atoms with Gasteiger partial charge in [-0.15, -0.1) is 0 Å². The number of fused-ring (bicyclic) bond motifs is 1. The monoisotopic (exact) mass is 471 g/mol. The SMILES string of the molecule is CC(c1cc(F)cc(F)c1)N1CCc2ccc(SNc3nc(C(=O)N4CCC4)no3)cc2C1. The number of nitrogens with zero attached hydrogens (tertiary/aromatic N) is 4. The molecule has 3 aromatic rings. The van der Waals surface area contributed by atoms with Crippen molar-refractivity contribution in [2.24, 2.45) is 0 Å². The summed E-state index contributed by atoms with van der Waals surface area (Å²) in [6, 6.07) is 9.93. The maximum absolute atomic E-state index is 13.7. The Morgan fingerprint density at radius 1 is 1.12 bits per heavy atom. The molecule has 1 atom stereocenters. The molecule has 0 saturated carbocycles. The number of anilines is 1. The highest BCUT2D eigenvalue weighted by molar-refractivity contribution is 8.00. The number of carbonyl (C=O) groups excluding carboxylic acids is 1. The molecule has 1 N–H and O–H groups in total. The summed E-state index contributed by atoms with van der Waals surface area (Å²) in [6.07, 6.45) is 1.86. The first kappa shape index (κ1) is 21.8. The average Bonchev–Trinajstić information content (AvgIpc) is 3.24. The molecule has 0 spiro atoms. The van der Waals surface area contributed by atoms with Gasteiger partial charge in [0.05, 0.1) is 0 Å². The summed E-state index contributed by atoms with van der Waals surface area (Å²) >= 11 is 1.32. The fraction of sp³-hybridized carbons (Fsp3) is 0.348. The van der Waals surface area contributed by atoms with E-state index in [0.717, 1.165) is 49.0 Å². The third-order valence-electron chi connectivity index (χ3n) is 6.15. The number of nitrogens with one attached hydrogen (secondary N) is 1. The third-order valence-corrected chi connectivity index (χ3v) is 6.92. The summed E-state index contributed by atoms with van der Waals surface area (Å²) in [5, 5.41) is 3.76. The second-order valence-electron chi connectivity index (χ2n) is 8.30. The van der Waals surface area contributed by atoms with Gasteiger partial charge in [0.1, 0.15) is 11.6 Å². The Balaban J connectivity index is 1.23. The van der Waals surface area contributed by atoms with Crippen LogP contribution in [-0.4, -0.2) is 45.5 Å². The molecule has 2 aliphatic rings. The number of carbonyl (C=O) groups is 1. The molecule has 0 aliphatic carbocycles. The number of hydrogen-bond donors (Lipinski definition) is 1. The van der Waals surface area contributed by atoms with Crippen molar-refractivity contribution in [2.45, 2.75) is 37.2 Å². The number of benzene rings is 2. The predicted octanol–water partition coefficient (Wildman–Crippen LogP) is 4.43. The molecular formula is C23H23F2N5O2S. The first-order chi connectivity index (χ1) is 16.0. The van der Waals surface area contributed by atoms with E-state index in [2.05, 4.69) is 31.9 Å². The molecule has 0 radical (unpaired) electrons. The Labute approximate surface area is 194 Å². The molecule has 5 rings (SSSR count). The standard InChI is InChI=1S/C23H23F2N5O2S/c1-14(16-9-18(24)12-19(25)10-16)30-8-5-15-3-4-20(11-17(15)13-30)33-28-23-26-21(27-32-23)22(31)29-6-2-7-29/h3-4,9-12,14H,2,5-8,13H2,1H3,(H,26,27,28). The lowest BCUT2D eigenvalue weighted by Crippen LogP contribution is -2.42. The topological polar surface area (TPSA) is 74.5 Å². The molecule has 10 heteroatoms. The second-order valence-corrected chi connectivity index (χ2v) is 9.18. The lowest BCUT2D eigenvalue weighted by molar-refractivity contribution is 0.0635. The van der Waals surface area contributed by atoms with E-state index >= 15 is 0 Å². The van der Waals surface area contributed by atoms with Crippen LogP contribution in [0.4, 0.5) is 14.8 Å². The largest absolute Gasteiger partial charge is 0.336 e. The van der Waals surface area contributed by atoms with Crippen molar-refractivity contribution in [1.82, 2.24) is 19.9 Å². The van der Waals surface area contributed by atoms with Crippen molar-refractivity contribution in [1.29, 1.82) is 0 Å². The molecule has 33 heavy (non-hydrogen) atoms. The lowest BCUT2D eigenvalue weighted by atomic mass is 9.97. The molecule has 172 valence electrons. The Morgan fingerprint density at radius 3 is 2.64 bits per heavy atom. The molecule has 7 nitrogen and oxygen atoms in total.